The van der Waals surface area contributed by atoms with Gasteiger partial charge in [-0.2, -0.15) is 0 Å². The summed E-state index contributed by atoms with van der Waals surface area (Å²) in [4.78, 5) is 0. The van der Waals surface area contributed by atoms with Gasteiger partial charge in [0, 0.05) is 0 Å². The van der Waals surface area contributed by atoms with Crippen LogP contribution in [0.2, 0.25) is 0 Å². The summed E-state index contributed by atoms with van der Waals surface area (Å²) < 4.78 is 0. The largest absolute Gasteiger partial charge is 0.134 e. The molecule has 0 bridgehead atoms. The summed E-state index contributed by atoms with van der Waals surface area (Å²) in [6.45, 7) is 2.30. The lowest BCUT2D eigenvalue weighted by Crippen LogP contribution is -1.84. The fourth-order valence-corrected chi connectivity index (χ4v) is 5.61. The van der Waals surface area contributed by atoms with Gasteiger partial charge in [-0.15, -0.1) is 11.8 Å². The second kappa shape index (κ2) is 33.2. The van der Waals surface area contributed by atoms with Gasteiger partial charge < -0.3 is 0 Å². The van der Waals surface area contributed by atoms with Crippen LogP contribution < -0.4 is 0 Å². The molecule has 0 spiro atoms. The molecule has 0 aromatic carbocycles. The van der Waals surface area contributed by atoms with Crippen LogP contribution in [-0.2, 0) is 0 Å². The predicted octanol–water partition coefficient (Wildman–Crippen LogP) is 12.8. The Bertz CT molecular complexity index is 390. The summed E-state index contributed by atoms with van der Waals surface area (Å²) in [5.41, 5.74) is 0. The van der Waals surface area contributed by atoms with Gasteiger partial charge in [-0.1, -0.05) is 166 Å². The molecule has 0 aromatic rings. The van der Waals surface area contributed by atoms with Crippen molar-refractivity contribution in [2.45, 2.75) is 180 Å². The van der Waals surface area contributed by atoms with Crippen LogP contribution in [0.4, 0.5) is 0 Å². The Labute approximate surface area is 226 Å². The summed E-state index contributed by atoms with van der Waals surface area (Å²) in [7, 11) is 0. The minimum Gasteiger partial charge on any atom is -0.134 e. The zero-order valence-corrected chi connectivity index (χ0v) is 25.0. The Balaban J connectivity index is 3.07. The molecular weight excluding hydrogens is 448 g/mol. The standard InChI is InChI=1S/C32H62S2/c1-2-3-4-5-6-7-8-9-13-16-19-22-25-28-31-34-32-29-26-23-20-17-14-11-10-12-15-18-21-24-27-30-33/h28,30-31H,2-27,29,32H2,1H3. The maximum atomic E-state index is 4.87. The van der Waals surface area contributed by atoms with E-state index in [4.69, 9.17) is 12.2 Å². The molecular formula is C32H62S2. The molecule has 0 amide bonds. The molecule has 0 aromatic heterocycles. The molecule has 0 nitrogen and oxygen atoms in total. The quantitative estimate of drug-likeness (QED) is 0.0695. The van der Waals surface area contributed by atoms with Gasteiger partial charge >= 0.3 is 0 Å². The molecule has 0 saturated heterocycles. The van der Waals surface area contributed by atoms with Gasteiger partial charge in [0.2, 0.25) is 0 Å². The lowest BCUT2D eigenvalue weighted by molar-refractivity contribution is 0.541. The van der Waals surface area contributed by atoms with Crippen molar-refractivity contribution in [2.75, 3.05) is 5.75 Å². The average Bonchev–Trinajstić information content (AvgIpc) is 2.85. The topological polar surface area (TPSA) is 0 Å². The van der Waals surface area contributed by atoms with Crippen molar-refractivity contribution >= 4 is 29.3 Å². The number of hydrogen-bond acceptors (Lipinski definition) is 2. The Hall–Kier alpha value is 0.180. The van der Waals surface area contributed by atoms with E-state index in [2.05, 4.69) is 18.4 Å². The molecule has 0 N–H and O–H groups in total. The second-order valence-corrected chi connectivity index (χ2v) is 11.8. The summed E-state index contributed by atoms with van der Waals surface area (Å²) >= 11 is 6.91. The van der Waals surface area contributed by atoms with Crippen molar-refractivity contribution in [1.29, 1.82) is 0 Å². The predicted molar refractivity (Wildman–Crippen MR) is 166 cm³/mol. The molecule has 0 rings (SSSR count). The first-order valence-corrected chi connectivity index (χ1v) is 17.1. The molecule has 34 heavy (non-hydrogen) atoms. The zero-order valence-electron chi connectivity index (χ0n) is 23.3. The maximum Gasteiger partial charge on any atom is -0.00261 e. The number of hydrogen-bond donors (Lipinski definition) is 0. The minimum absolute atomic E-state index is 1.13. The summed E-state index contributed by atoms with van der Waals surface area (Å²) in [5, 5.41) is 4.26. The van der Waals surface area contributed by atoms with Gasteiger partial charge in [-0.3, -0.25) is 0 Å². The van der Waals surface area contributed by atoms with E-state index in [9.17, 15) is 0 Å². The van der Waals surface area contributed by atoms with Gasteiger partial charge in [-0.05, 0) is 48.6 Å². The third-order valence-corrected chi connectivity index (χ3v) is 8.15. The molecule has 2 heteroatoms. The lowest BCUT2D eigenvalue weighted by atomic mass is 10.0. The molecule has 202 valence electrons. The molecule has 0 aliphatic heterocycles. The Morgan fingerprint density at radius 2 is 0.794 bits per heavy atom. The lowest BCUT2D eigenvalue weighted by Gasteiger charge is -2.03. The molecule has 0 aliphatic carbocycles. The minimum atomic E-state index is 1.13. The van der Waals surface area contributed by atoms with Crippen LogP contribution >= 0.6 is 24.0 Å². The van der Waals surface area contributed by atoms with Crippen molar-refractivity contribution < 1.29 is 0 Å². The van der Waals surface area contributed by atoms with Crippen molar-refractivity contribution in [3.63, 3.8) is 0 Å². The van der Waals surface area contributed by atoms with E-state index in [1.165, 1.54) is 173 Å². The summed E-state index contributed by atoms with van der Waals surface area (Å²) in [6, 6.07) is 0. The van der Waals surface area contributed by atoms with E-state index in [1.54, 1.807) is 0 Å². The van der Waals surface area contributed by atoms with Crippen molar-refractivity contribution in [2.24, 2.45) is 0 Å². The van der Waals surface area contributed by atoms with Gasteiger partial charge in [0.1, 0.15) is 0 Å². The monoisotopic (exact) mass is 510 g/mol. The highest BCUT2D eigenvalue weighted by molar-refractivity contribution is 8.02. The summed E-state index contributed by atoms with van der Waals surface area (Å²) in [5.74, 6) is 1.32. The van der Waals surface area contributed by atoms with E-state index in [0.29, 0.717) is 0 Å². The SMILES string of the molecule is CCCCCCCCCCCCCCC=CSCCCCCCCCCCCCCCCC=S. The second-order valence-electron chi connectivity index (χ2n) is 10.5. The van der Waals surface area contributed by atoms with E-state index in [0.717, 1.165) is 6.42 Å². The van der Waals surface area contributed by atoms with Gasteiger partial charge in [0.15, 0.2) is 0 Å². The molecule has 0 aliphatic rings. The molecule has 0 radical (unpaired) electrons. The van der Waals surface area contributed by atoms with E-state index < -0.39 is 0 Å². The number of unbranched alkanes of at least 4 members (excludes halogenated alkanes) is 25. The van der Waals surface area contributed by atoms with Gasteiger partial charge in [0.25, 0.3) is 0 Å². The number of thiocarbonyl (C=S) groups is 1. The summed E-state index contributed by atoms with van der Waals surface area (Å²) in [6.07, 6.45) is 40.7. The van der Waals surface area contributed by atoms with E-state index in [-0.39, 0.29) is 0 Å². The first kappa shape index (κ1) is 34.2. The first-order chi connectivity index (χ1) is 16.9. The third-order valence-electron chi connectivity index (χ3n) is 7.00. The van der Waals surface area contributed by atoms with Crippen molar-refractivity contribution in [3.8, 4) is 0 Å². The highest BCUT2D eigenvalue weighted by atomic mass is 32.2. The van der Waals surface area contributed by atoms with Crippen LogP contribution in [0.15, 0.2) is 11.5 Å². The van der Waals surface area contributed by atoms with Crippen LogP contribution in [0, 0.1) is 0 Å². The van der Waals surface area contributed by atoms with Crippen LogP contribution in [0.3, 0.4) is 0 Å². The Morgan fingerprint density at radius 1 is 0.441 bits per heavy atom. The highest BCUT2D eigenvalue weighted by Crippen LogP contribution is 2.15. The van der Waals surface area contributed by atoms with E-state index in [1.807, 2.05) is 17.1 Å². The van der Waals surface area contributed by atoms with Gasteiger partial charge in [0.05, 0.1) is 0 Å². The van der Waals surface area contributed by atoms with Crippen molar-refractivity contribution in [1.82, 2.24) is 0 Å². The molecule has 0 saturated carbocycles. The normalized spacial score (nSPS) is 11.6. The fourth-order valence-electron chi connectivity index (χ4n) is 4.66. The molecule has 0 unspecified atom stereocenters. The van der Waals surface area contributed by atoms with Crippen LogP contribution in [0.5, 0.6) is 0 Å². The van der Waals surface area contributed by atoms with Gasteiger partial charge in [-0.25, -0.2) is 0 Å². The molecule has 0 atom stereocenters. The van der Waals surface area contributed by atoms with Crippen molar-refractivity contribution in [3.05, 3.63) is 11.5 Å². The molecule has 0 fully saturated rings. The number of thioether (sulfide) groups is 1. The average molecular weight is 511 g/mol. The van der Waals surface area contributed by atoms with E-state index >= 15 is 0 Å². The third kappa shape index (κ3) is 32.2. The van der Waals surface area contributed by atoms with Crippen LogP contribution in [-0.4, -0.2) is 11.1 Å². The van der Waals surface area contributed by atoms with Crippen LogP contribution in [0.25, 0.3) is 0 Å². The number of allylic oxidation sites excluding steroid dienone is 1. The smallest absolute Gasteiger partial charge is 0.00261 e. The Kier molecular flexibility index (Phi) is 33.4. The maximum absolute atomic E-state index is 4.87. The van der Waals surface area contributed by atoms with Crippen LogP contribution in [0.1, 0.15) is 180 Å². The first-order valence-electron chi connectivity index (χ1n) is 15.6. The highest BCUT2D eigenvalue weighted by Gasteiger charge is 1.95. The fraction of sp³-hybridized carbons (Fsp3) is 0.906. The Morgan fingerprint density at radius 3 is 1.21 bits per heavy atom. The number of rotatable bonds is 30. The zero-order chi connectivity index (χ0) is 24.6. The molecule has 0 heterocycles.